The van der Waals surface area contributed by atoms with Crippen LogP contribution in [0.3, 0.4) is 0 Å². The van der Waals surface area contributed by atoms with E-state index in [2.05, 4.69) is 15.4 Å². The van der Waals surface area contributed by atoms with Gasteiger partial charge in [-0.3, -0.25) is 14.5 Å². The molecular weight excluding hydrogens is 368 g/mol. The Hall–Kier alpha value is -3.35. The zero-order valence-electron chi connectivity index (χ0n) is 16.6. The summed E-state index contributed by atoms with van der Waals surface area (Å²) in [5, 5.41) is 7.22. The van der Waals surface area contributed by atoms with E-state index < -0.39 is 0 Å². The number of rotatable bonds is 11. The summed E-state index contributed by atoms with van der Waals surface area (Å²) in [6, 6.07) is 13.3. The predicted octanol–water partition coefficient (Wildman–Crippen LogP) is 3.72. The molecule has 0 aliphatic heterocycles. The van der Waals surface area contributed by atoms with Crippen molar-refractivity contribution >= 4 is 11.7 Å². The summed E-state index contributed by atoms with van der Waals surface area (Å²) in [7, 11) is 0. The highest BCUT2D eigenvalue weighted by Gasteiger charge is 2.07. The molecule has 0 unspecified atom stereocenters. The van der Waals surface area contributed by atoms with Gasteiger partial charge in [0, 0.05) is 37.6 Å². The minimum atomic E-state index is -0.0777. The molecule has 3 aromatic rings. The second-order valence-electron chi connectivity index (χ2n) is 6.45. The van der Waals surface area contributed by atoms with Gasteiger partial charge >= 0.3 is 0 Å². The topological polar surface area (TPSA) is 78.3 Å². The number of aryl methyl sites for hydroxylation is 2. The number of carbonyl (C=O) groups is 1. The van der Waals surface area contributed by atoms with Crippen LogP contribution in [0.1, 0.15) is 25.3 Å². The summed E-state index contributed by atoms with van der Waals surface area (Å²) >= 11 is 0. The molecule has 0 radical (unpaired) electrons. The first-order chi connectivity index (χ1) is 14.2. The van der Waals surface area contributed by atoms with Gasteiger partial charge in [-0.2, -0.15) is 5.10 Å². The van der Waals surface area contributed by atoms with Crippen molar-refractivity contribution < 1.29 is 14.3 Å². The number of benzene rings is 1. The van der Waals surface area contributed by atoms with E-state index >= 15 is 0 Å². The number of ether oxygens (including phenoxy) is 2. The summed E-state index contributed by atoms with van der Waals surface area (Å²) in [6.07, 6.45) is 7.25. The van der Waals surface area contributed by atoms with Crippen molar-refractivity contribution in [1.82, 2.24) is 14.8 Å². The molecule has 1 N–H and O–H groups in total. The molecule has 152 valence electrons. The third-order valence-electron chi connectivity index (χ3n) is 4.24. The molecule has 2 heterocycles. The van der Waals surface area contributed by atoms with E-state index in [0.717, 1.165) is 18.7 Å². The number of aromatic nitrogens is 3. The molecule has 7 heteroatoms. The smallest absolute Gasteiger partial charge is 0.225 e. The van der Waals surface area contributed by atoms with Gasteiger partial charge in [0.05, 0.1) is 13.2 Å². The minimum Gasteiger partial charge on any atom is -0.490 e. The van der Waals surface area contributed by atoms with Gasteiger partial charge < -0.3 is 14.8 Å². The summed E-state index contributed by atoms with van der Waals surface area (Å²) in [4.78, 5) is 16.1. The summed E-state index contributed by atoms with van der Waals surface area (Å²) in [6.45, 7) is 3.70. The average molecular weight is 394 g/mol. The number of nitrogens with one attached hydrogen (secondary N) is 1. The first kappa shape index (κ1) is 20.4. The number of para-hydroxylation sites is 2. The largest absolute Gasteiger partial charge is 0.490 e. The van der Waals surface area contributed by atoms with Crippen molar-refractivity contribution in [2.75, 3.05) is 18.5 Å². The molecule has 0 bridgehead atoms. The quantitative estimate of drug-likeness (QED) is 0.502. The number of carbonyl (C=O) groups excluding carboxylic acids is 1. The predicted molar refractivity (Wildman–Crippen MR) is 111 cm³/mol. The molecule has 0 atom stereocenters. The lowest BCUT2D eigenvalue weighted by molar-refractivity contribution is -0.116. The molecule has 1 aromatic carbocycles. The number of pyridine rings is 1. The molecule has 2 aromatic heterocycles. The van der Waals surface area contributed by atoms with Crippen molar-refractivity contribution in [3.05, 3.63) is 66.6 Å². The van der Waals surface area contributed by atoms with Crippen LogP contribution in [0.15, 0.2) is 61.1 Å². The zero-order chi connectivity index (χ0) is 20.3. The van der Waals surface area contributed by atoms with Gasteiger partial charge in [-0.05, 0) is 49.6 Å². The van der Waals surface area contributed by atoms with E-state index in [-0.39, 0.29) is 5.91 Å². The first-order valence-electron chi connectivity index (χ1n) is 9.81. The van der Waals surface area contributed by atoms with Crippen molar-refractivity contribution in [2.24, 2.45) is 0 Å². The fourth-order valence-corrected chi connectivity index (χ4v) is 2.81. The number of hydrogen-bond donors (Lipinski definition) is 1. The van der Waals surface area contributed by atoms with Crippen LogP contribution < -0.4 is 14.8 Å². The highest BCUT2D eigenvalue weighted by molar-refractivity contribution is 5.89. The lowest BCUT2D eigenvalue weighted by Crippen LogP contribution is -2.14. The Kier molecular flexibility index (Phi) is 7.63. The molecule has 7 nitrogen and oxygen atoms in total. The van der Waals surface area contributed by atoms with Crippen molar-refractivity contribution in [1.29, 1.82) is 0 Å². The van der Waals surface area contributed by atoms with Crippen molar-refractivity contribution in [3.63, 3.8) is 0 Å². The van der Waals surface area contributed by atoms with Crippen molar-refractivity contribution in [2.45, 2.75) is 32.7 Å². The van der Waals surface area contributed by atoms with Crippen LogP contribution in [-0.4, -0.2) is 33.9 Å². The van der Waals surface area contributed by atoms with Gasteiger partial charge in [0.1, 0.15) is 0 Å². The lowest BCUT2D eigenvalue weighted by atomic mass is 10.2. The molecule has 29 heavy (non-hydrogen) atoms. The van der Waals surface area contributed by atoms with Gasteiger partial charge in [0.2, 0.25) is 5.91 Å². The van der Waals surface area contributed by atoms with Crippen LogP contribution in [0.25, 0.3) is 0 Å². The van der Waals surface area contributed by atoms with Crippen LogP contribution in [-0.2, 0) is 17.8 Å². The third-order valence-corrected chi connectivity index (χ3v) is 4.24. The molecular formula is C22H26N4O3. The summed E-state index contributed by atoms with van der Waals surface area (Å²) < 4.78 is 13.1. The number of amides is 1. The Morgan fingerprint density at radius 3 is 2.59 bits per heavy atom. The molecule has 0 fully saturated rings. The second kappa shape index (κ2) is 10.8. The fourth-order valence-electron chi connectivity index (χ4n) is 2.81. The van der Waals surface area contributed by atoms with Crippen LogP contribution in [0, 0.1) is 0 Å². The highest BCUT2D eigenvalue weighted by Crippen LogP contribution is 2.26. The highest BCUT2D eigenvalue weighted by atomic mass is 16.5. The van der Waals surface area contributed by atoms with Gasteiger partial charge in [0.15, 0.2) is 17.3 Å². The standard InChI is InChI=1S/C22H26N4O3/c1-2-28-19-6-3-4-7-20(19)29-17-5-8-22(27)24-21-12-16-26(25-21)15-11-18-9-13-23-14-10-18/h3-4,6-7,9-10,12-14,16H,2,5,8,11,15,17H2,1H3,(H,24,25,27). The molecule has 0 saturated carbocycles. The lowest BCUT2D eigenvalue weighted by Gasteiger charge is -2.11. The van der Waals surface area contributed by atoms with E-state index in [1.165, 1.54) is 5.56 Å². The van der Waals surface area contributed by atoms with Crippen molar-refractivity contribution in [3.8, 4) is 11.5 Å². The minimum absolute atomic E-state index is 0.0777. The van der Waals surface area contributed by atoms with Gasteiger partial charge in [-0.25, -0.2) is 0 Å². The average Bonchev–Trinajstić information content (AvgIpc) is 3.19. The Bertz CT molecular complexity index is 896. The SMILES string of the molecule is CCOc1ccccc1OCCCC(=O)Nc1ccn(CCc2ccncc2)n1. The molecule has 0 aliphatic carbocycles. The number of hydrogen-bond acceptors (Lipinski definition) is 5. The van der Waals surface area contributed by atoms with Crippen LogP contribution in [0.2, 0.25) is 0 Å². The van der Waals surface area contributed by atoms with Gasteiger partial charge in [0.25, 0.3) is 0 Å². The first-order valence-corrected chi connectivity index (χ1v) is 9.81. The van der Waals surface area contributed by atoms with E-state index in [9.17, 15) is 4.79 Å². The maximum Gasteiger partial charge on any atom is 0.225 e. The maximum absolute atomic E-state index is 12.1. The normalized spacial score (nSPS) is 10.5. The third kappa shape index (κ3) is 6.64. The summed E-state index contributed by atoms with van der Waals surface area (Å²) in [5.41, 5.74) is 1.20. The van der Waals surface area contributed by atoms with E-state index in [1.54, 1.807) is 18.5 Å². The fraction of sp³-hybridized carbons (Fsp3) is 0.318. The van der Waals surface area contributed by atoms with Crippen LogP contribution in [0.5, 0.6) is 11.5 Å². The molecule has 1 amide bonds. The van der Waals surface area contributed by atoms with E-state index in [1.807, 2.05) is 54.2 Å². The van der Waals surface area contributed by atoms with E-state index in [0.29, 0.717) is 37.6 Å². The Morgan fingerprint density at radius 1 is 1.07 bits per heavy atom. The summed E-state index contributed by atoms with van der Waals surface area (Å²) in [5.74, 6) is 1.90. The van der Waals surface area contributed by atoms with Gasteiger partial charge in [-0.1, -0.05) is 12.1 Å². The van der Waals surface area contributed by atoms with Crippen LogP contribution in [0.4, 0.5) is 5.82 Å². The Labute approximate surface area is 170 Å². The van der Waals surface area contributed by atoms with Crippen LogP contribution >= 0.6 is 0 Å². The Balaban J connectivity index is 1.37. The maximum atomic E-state index is 12.1. The Morgan fingerprint density at radius 2 is 1.83 bits per heavy atom. The second-order valence-corrected chi connectivity index (χ2v) is 6.45. The molecule has 3 rings (SSSR count). The molecule has 0 spiro atoms. The monoisotopic (exact) mass is 394 g/mol. The zero-order valence-corrected chi connectivity index (χ0v) is 16.6. The molecule has 0 saturated heterocycles. The number of anilines is 1. The molecule has 0 aliphatic rings. The van der Waals surface area contributed by atoms with E-state index in [4.69, 9.17) is 9.47 Å². The van der Waals surface area contributed by atoms with Gasteiger partial charge in [-0.15, -0.1) is 0 Å². The number of nitrogens with zero attached hydrogens (tertiary/aromatic N) is 3.